The van der Waals surface area contributed by atoms with Gasteiger partial charge in [0, 0.05) is 11.4 Å². The molecule has 0 fully saturated rings. The zero-order valence-corrected chi connectivity index (χ0v) is 27.0. The van der Waals surface area contributed by atoms with Crippen LogP contribution in [0.4, 0.5) is 11.4 Å². The molecule has 5 rings (SSSR count). The topological polar surface area (TPSA) is 3.24 Å². The number of benzene rings is 2. The van der Waals surface area contributed by atoms with Crippen molar-refractivity contribution in [1.29, 1.82) is 0 Å². The third-order valence-corrected chi connectivity index (χ3v) is 6.09. The summed E-state index contributed by atoms with van der Waals surface area (Å²) in [5.74, 6) is 0. The van der Waals surface area contributed by atoms with E-state index >= 15 is 0 Å². The van der Waals surface area contributed by atoms with Gasteiger partial charge in [0.1, 0.15) is 0 Å². The molecule has 178 valence electrons. The molecule has 2 aromatic carbocycles. The van der Waals surface area contributed by atoms with Gasteiger partial charge in [0.2, 0.25) is 0 Å². The summed E-state index contributed by atoms with van der Waals surface area (Å²) in [6, 6.07) is 13.3. The molecule has 0 amide bonds. The molecule has 1 heterocycles. The van der Waals surface area contributed by atoms with Crippen molar-refractivity contribution < 1.29 is 23.3 Å². The number of hydrogen-bond acceptors (Lipinski definition) is 1. The molecule has 1 atom stereocenters. The molecule has 33 heavy (non-hydrogen) atoms. The summed E-state index contributed by atoms with van der Waals surface area (Å²) < 4.78 is 1.20. The zero-order valence-electron chi connectivity index (χ0n) is 19.9. The Hall–Kier alpha value is -0.640. The van der Waals surface area contributed by atoms with Crippen LogP contribution in [-0.2, 0) is 23.3 Å². The van der Waals surface area contributed by atoms with E-state index in [1.165, 1.54) is 43.0 Å². The van der Waals surface area contributed by atoms with Gasteiger partial charge in [0.05, 0.1) is 6.04 Å². The Morgan fingerprint density at radius 3 is 2.24 bits per heavy atom. The second-order valence-corrected chi connectivity index (χ2v) is 7.86. The summed E-state index contributed by atoms with van der Waals surface area (Å²) in [6.45, 7) is 8.56. The summed E-state index contributed by atoms with van der Waals surface area (Å²) in [7, 11) is 0. The average Bonchev–Trinajstić information content (AvgIpc) is 3.47. The molecular weight excluding hydrogens is 608 g/mol. The third kappa shape index (κ3) is 7.42. The van der Waals surface area contributed by atoms with Crippen LogP contribution in [0, 0.1) is 20.9 Å². The Kier molecular flexibility index (Phi) is 16.9. The molecule has 2 aliphatic carbocycles. The molecule has 0 saturated carbocycles. The van der Waals surface area contributed by atoms with Gasteiger partial charge >= 0.3 is 30.2 Å². The van der Waals surface area contributed by atoms with Crippen molar-refractivity contribution in [2.45, 2.75) is 33.2 Å². The first-order valence-corrected chi connectivity index (χ1v) is 16.4. The van der Waals surface area contributed by atoms with E-state index in [9.17, 15) is 0 Å². The fourth-order valence-corrected chi connectivity index (χ4v) is 4.67. The van der Waals surface area contributed by atoms with Gasteiger partial charge in [0.15, 0.2) is 0 Å². The standard InChI is InChI=1S/C20H17BrN.C5H5.2CH3.2ClH.H2Si.Zr/c1-12-9-15-11-18-19(20(21)17(15)10-12)13(2)14(3)22(18)16-7-5-4-6-8-16;1-2-4-5-3-1;;;;;;/h4-8,10-11,14H,1-3H3;1-3H,4H2;2*1H3;2*1H;1H2;/q4*-1;;;;. The van der Waals surface area contributed by atoms with Gasteiger partial charge in [-0.15, -0.1) is 59.7 Å². The fourth-order valence-electron chi connectivity index (χ4n) is 3.83. The molecular formula is C27H32BrCl2NSiZr-4. The number of rotatable bonds is 1. The van der Waals surface area contributed by atoms with Gasteiger partial charge in [-0.2, -0.15) is 12.2 Å². The first kappa shape index (κ1) is 34.5. The van der Waals surface area contributed by atoms with E-state index in [0.717, 1.165) is 6.42 Å². The predicted octanol–water partition coefficient (Wildman–Crippen LogP) is 6.37. The molecule has 0 N–H and O–H groups in total. The van der Waals surface area contributed by atoms with Crippen LogP contribution in [-0.4, -0.2) is 12.9 Å². The summed E-state index contributed by atoms with van der Waals surface area (Å²) in [6.07, 6.45) is 15.7. The number of fused-ring (bicyclic) bond motifs is 2. The molecule has 6 heteroatoms. The minimum atomic E-state index is 0. The summed E-state index contributed by atoms with van der Waals surface area (Å²) in [5.41, 5.74) is 6.38. The molecule has 1 unspecified atom stereocenters. The van der Waals surface area contributed by atoms with E-state index in [1.807, 2.05) is 19.0 Å². The second-order valence-electron chi connectivity index (χ2n) is 7.07. The number of hydrogen-bond donors (Lipinski definition) is 0. The Morgan fingerprint density at radius 1 is 1.09 bits per heavy atom. The van der Waals surface area contributed by atoms with Gasteiger partial charge in [-0.3, -0.25) is 6.08 Å². The van der Waals surface area contributed by atoms with Gasteiger partial charge in [-0.25, -0.2) is 12.2 Å². The quantitative estimate of drug-likeness (QED) is 0.259. The Bertz CT molecular complexity index is 1120. The van der Waals surface area contributed by atoms with Crippen molar-refractivity contribution >= 4 is 76.7 Å². The molecule has 0 radical (unpaired) electrons. The van der Waals surface area contributed by atoms with Crippen LogP contribution in [0.3, 0.4) is 0 Å². The van der Waals surface area contributed by atoms with Crippen LogP contribution in [0.5, 0.6) is 0 Å². The molecule has 2 aromatic rings. The third-order valence-electron chi connectivity index (χ3n) is 5.26. The predicted molar refractivity (Wildman–Crippen MR) is 155 cm³/mol. The van der Waals surface area contributed by atoms with E-state index in [0.29, 0.717) is 6.04 Å². The molecule has 0 bridgehead atoms. The number of halogens is 3. The van der Waals surface area contributed by atoms with E-state index in [2.05, 4.69) is 102 Å². The number of allylic oxidation sites excluding steroid dienone is 5. The van der Waals surface area contributed by atoms with Gasteiger partial charge in [-0.05, 0) is 41.2 Å². The van der Waals surface area contributed by atoms with Crippen LogP contribution in [0.1, 0.15) is 32.8 Å². The Balaban J connectivity index is 0. The zero-order chi connectivity index (χ0) is 21.0. The SMILES string of the molecule is CC1=Cc2c(Br)c3c(cc2=[C-]1)N(c1ccccc1)C(C)C=3C.Cl.Cl.[C-]1=CC=CC1.[CH3-].[CH3-].[SiH2]=[Zr]. The summed E-state index contributed by atoms with van der Waals surface area (Å²) in [5, 5.41) is 2.52. The number of para-hydroxylation sites is 1. The maximum atomic E-state index is 3.85. The van der Waals surface area contributed by atoms with E-state index in [4.69, 9.17) is 0 Å². The molecule has 1 aliphatic heterocycles. The molecule has 3 aliphatic rings. The number of anilines is 2. The first-order chi connectivity index (χ1) is 14.1. The average molecular weight is 641 g/mol. The van der Waals surface area contributed by atoms with Gasteiger partial charge < -0.3 is 19.8 Å². The summed E-state index contributed by atoms with van der Waals surface area (Å²) in [4.78, 5) is 2.42. The van der Waals surface area contributed by atoms with Gasteiger partial charge in [-0.1, -0.05) is 41.1 Å². The van der Waals surface area contributed by atoms with Crippen molar-refractivity contribution in [2.24, 2.45) is 0 Å². The maximum absolute atomic E-state index is 3.85. The van der Waals surface area contributed by atoms with Crippen molar-refractivity contribution in [3.8, 4) is 0 Å². The van der Waals surface area contributed by atoms with Crippen molar-refractivity contribution in [3.05, 3.63) is 102 Å². The summed E-state index contributed by atoms with van der Waals surface area (Å²) >= 11 is 5.42. The molecule has 0 aromatic heterocycles. The van der Waals surface area contributed by atoms with Crippen molar-refractivity contribution in [1.82, 2.24) is 0 Å². The fraction of sp³-hybridized carbons (Fsp3) is 0.185. The van der Waals surface area contributed by atoms with Crippen molar-refractivity contribution in [2.75, 3.05) is 4.90 Å². The minimum absolute atomic E-state index is 0. The first-order valence-electron chi connectivity index (χ1n) is 9.65. The molecule has 0 saturated heterocycles. The number of nitrogens with zero attached hydrogens (tertiary/aromatic N) is 1. The normalized spacial score (nSPS) is 15.4. The van der Waals surface area contributed by atoms with Crippen LogP contribution >= 0.6 is 40.7 Å². The van der Waals surface area contributed by atoms with Crippen LogP contribution < -0.4 is 15.3 Å². The second kappa shape index (κ2) is 16.1. The Morgan fingerprint density at radius 2 is 1.73 bits per heavy atom. The van der Waals surface area contributed by atoms with E-state index < -0.39 is 0 Å². The van der Waals surface area contributed by atoms with Crippen LogP contribution in [0.25, 0.3) is 17.7 Å². The van der Waals surface area contributed by atoms with E-state index in [-0.39, 0.29) is 39.7 Å². The molecule has 1 nitrogen and oxygen atoms in total. The van der Waals surface area contributed by atoms with Crippen molar-refractivity contribution in [3.63, 3.8) is 0 Å². The monoisotopic (exact) mass is 637 g/mol. The van der Waals surface area contributed by atoms with Gasteiger partial charge in [0.25, 0.3) is 0 Å². The Labute approximate surface area is 238 Å². The molecule has 0 spiro atoms. The van der Waals surface area contributed by atoms with E-state index in [1.54, 1.807) is 23.3 Å². The van der Waals surface area contributed by atoms with Crippen LogP contribution in [0.2, 0.25) is 0 Å². The van der Waals surface area contributed by atoms with Crippen LogP contribution in [0.15, 0.2) is 64.7 Å².